The van der Waals surface area contributed by atoms with Gasteiger partial charge >= 0.3 is 0 Å². The van der Waals surface area contributed by atoms with E-state index in [0.29, 0.717) is 28.8 Å². The molecule has 0 saturated carbocycles. The lowest BCUT2D eigenvalue weighted by atomic mass is 10.2. The first-order chi connectivity index (χ1) is 12.6. The average Bonchev–Trinajstić information content (AvgIpc) is 3.00. The van der Waals surface area contributed by atoms with Crippen LogP contribution in [-0.2, 0) is 0 Å². The Hall–Kier alpha value is -3.00. The van der Waals surface area contributed by atoms with Crippen molar-refractivity contribution < 1.29 is 19.0 Å². The van der Waals surface area contributed by atoms with Gasteiger partial charge in [0.1, 0.15) is 5.84 Å². The number of aromatic nitrogens is 1. The lowest BCUT2D eigenvalue weighted by Crippen LogP contribution is -2.18. The number of hydrogen-bond acceptors (Lipinski definition) is 7. The number of aliphatic imine (C=N–C) groups is 1. The zero-order chi connectivity index (χ0) is 18.5. The van der Waals surface area contributed by atoms with E-state index >= 15 is 0 Å². The second kappa shape index (κ2) is 7.92. The van der Waals surface area contributed by atoms with Crippen LogP contribution in [0.15, 0.2) is 46.6 Å². The third-order valence-corrected chi connectivity index (χ3v) is 4.37. The zero-order valence-electron chi connectivity index (χ0n) is 14.5. The van der Waals surface area contributed by atoms with Crippen molar-refractivity contribution >= 4 is 34.6 Å². The highest BCUT2D eigenvalue weighted by Gasteiger charge is 2.24. The van der Waals surface area contributed by atoms with Gasteiger partial charge in [-0.3, -0.25) is 9.78 Å². The molecule has 1 aromatic carbocycles. The van der Waals surface area contributed by atoms with E-state index in [0.717, 1.165) is 22.2 Å². The molecule has 0 unspecified atom stereocenters. The van der Waals surface area contributed by atoms with Crippen molar-refractivity contribution in [3.8, 4) is 17.2 Å². The van der Waals surface area contributed by atoms with Gasteiger partial charge in [-0.1, -0.05) is 0 Å². The molecule has 0 spiro atoms. The van der Waals surface area contributed by atoms with Crippen LogP contribution in [0.1, 0.15) is 5.56 Å². The molecule has 1 fully saturated rings. The molecule has 1 amide bonds. The van der Waals surface area contributed by atoms with Gasteiger partial charge in [-0.15, -0.1) is 0 Å². The summed E-state index contributed by atoms with van der Waals surface area (Å²) in [7, 11) is 4.61. The zero-order valence-corrected chi connectivity index (χ0v) is 15.3. The molecular formula is C18H17N3O4S. The molecule has 2 aromatic rings. The van der Waals surface area contributed by atoms with E-state index < -0.39 is 0 Å². The Labute approximate surface area is 155 Å². The molecule has 8 heteroatoms. The summed E-state index contributed by atoms with van der Waals surface area (Å²) >= 11 is 1.09. The Morgan fingerprint density at radius 1 is 1.08 bits per heavy atom. The lowest BCUT2D eigenvalue weighted by Gasteiger charge is -2.12. The van der Waals surface area contributed by atoms with Crippen LogP contribution in [-0.4, -0.2) is 37.4 Å². The number of nitrogens with zero attached hydrogens (tertiary/aromatic N) is 2. The Kier molecular flexibility index (Phi) is 5.43. The van der Waals surface area contributed by atoms with Gasteiger partial charge < -0.3 is 19.5 Å². The first-order valence-electron chi connectivity index (χ1n) is 7.64. The summed E-state index contributed by atoms with van der Waals surface area (Å²) in [6, 6.07) is 7.14. The smallest absolute Gasteiger partial charge is 0.289 e. The van der Waals surface area contributed by atoms with Gasteiger partial charge in [0.15, 0.2) is 11.5 Å². The standard InChI is InChI=1S/C18H17N3O4S/c1-23-13-9-12(10-14(24-2)16(13)25-3)20-17-15(26-18(22)21-17)8-11-4-6-19-7-5-11/h4-10H,1-3H3,(H,20,21,22). The number of carbonyl (C=O) groups is 1. The van der Waals surface area contributed by atoms with Crippen LogP contribution >= 0.6 is 11.8 Å². The molecule has 1 aliphatic rings. The Bertz CT molecular complexity index is 856. The second-order valence-electron chi connectivity index (χ2n) is 5.15. The molecule has 0 aliphatic carbocycles. The largest absolute Gasteiger partial charge is 0.493 e. The summed E-state index contributed by atoms with van der Waals surface area (Å²) in [5.41, 5.74) is 1.49. The van der Waals surface area contributed by atoms with Gasteiger partial charge in [0, 0.05) is 24.5 Å². The van der Waals surface area contributed by atoms with Gasteiger partial charge in [0.05, 0.1) is 31.9 Å². The molecule has 26 heavy (non-hydrogen) atoms. The molecule has 3 rings (SSSR count). The minimum absolute atomic E-state index is 0.184. The summed E-state index contributed by atoms with van der Waals surface area (Å²) in [5.74, 6) is 1.92. The monoisotopic (exact) mass is 371 g/mol. The quantitative estimate of drug-likeness (QED) is 0.864. The molecule has 2 heterocycles. The highest BCUT2D eigenvalue weighted by atomic mass is 32.2. The number of benzene rings is 1. The van der Waals surface area contributed by atoms with E-state index in [1.165, 1.54) is 21.3 Å². The van der Waals surface area contributed by atoms with E-state index in [-0.39, 0.29) is 5.24 Å². The van der Waals surface area contributed by atoms with Crippen molar-refractivity contribution in [2.45, 2.75) is 0 Å². The molecule has 1 saturated heterocycles. The Morgan fingerprint density at radius 2 is 1.73 bits per heavy atom. The molecule has 1 N–H and O–H groups in total. The van der Waals surface area contributed by atoms with Crippen LogP contribution < -0.4 is 19.5 Å². The van der Waals surface area contributed by atoms with Crippen LogP contribution in [0, 0.1) is 0 Å². The Morgan fingerprint density at radius 3 is 2.31 bits per heavy atom. The maximum Gasteiger partial charge on any atom is 0.289 e. The second-order valence-corrected chi connectivity index (χ2v) is 6.16. The maximum atomic E-state index is 11.8. The molecule has 134 valence electrons. The van der Waals surface area contributed by atoms with Crippen molar-refractivity contribution in [1.82, 2.24) is 10.3 Å². The topological polar surface area (TPSA) is 82.0 Å². The number of methoxy groups -OCH3 is 3. The van der Waals surface area contributed by atoms with E-state index in [1.54, 1.807) is 24.5 Å². The molecule has 1 aromatic heterocycles. The predicted octanol–water partition coefficient (Wildman–Crippen LogP) is 3.63. The summed E-state index contributed by atoms with van der Waals surface area (Å²) in [6.07, 6.45) is 5.26. The number of thioether (sulfide) groups is 1. The molecule has 7 nitrogen and oxygen atoms in total. The summed E-state index contributed by atoms with van der Waals surface area (Å²) < 4.78 is 16.0. The van der Waals surface area contributed by atoms with Gasteiger partial charge in [0.2, 0.25) is 5.75 Å². The van der Waals surface area contributed by atoms with E-state index in [9.17, 15) is 4.79 Å². The van der Waals surface area contributed by atoms with Gasteiger partial charge in [-0.2, -0.15) is 0 Å². The van der Waals surface area contributed by atoms with Crippen molar-refractivity contribution in [2.75, 3.05) is 21.3 Å². The van der Waals surface area contributed by atoms with Crippen molar-refractivity contribution in [1.29, 1.82) is 0 Å². The van der Waals surface area contributed by atoms with Crippen LogP contribution in [0.5, 0.6) is 17.2 Å². The number of rotatable bonds is 5. The van der Waals surface area contributed by atoms with Gasteiger partial charge in [-0.25, -0.2) is 4.99 Å². The summed E-state index contributed by atoms with van der Waals surface area (Å²) in [4.78, 5) is 21.1. The van der Waals surface area contributed by atoms with Crippen LogP contribution in [0.4, 0.5) is 10.5 Å². The number of carbonyl (C=O) groups excluding carboxylic acids is 1. The van der Waals surface area contributed by atoms with Gasteiger partial charge in [0.25, 0.3) is 5.24 Å². The number of pyridine rings is 1. The number of amidine groups is 1. The normalized spacial score (nSPS) is 16.7. The highest BCUT2D eigenvalue weighted by Crippen LogP contribution is 2.41. The molecule has 0 bridgehead atoms. The Balaban J connectivity index is 2.02. The SMILES string of the molecule is COc1cc(N=C2NC(=O)SC2=Cc2ccncc2)cc(OC)c1OC. The third kappa shape index (κ3) is 3.80. The fraction of sp³-hybridized carbons (Fsp3) is 0.167. The van der Waals surface area contributed by atoms with Crippen LogP contribution in [0.2, 0.25) is 0 Å². The number of nitrogens with one attached hydrogen (secondary N) is 1. The third-order valence-electron chi connectivity index (χ3n) is 3.55. The minimum atomic E-state index is -0.184. The number of hydrogen-bond donors (Lipinski definition) is 1. The van der Waals surface area contributed by atoms with Crippen molar-refractivity contribution in [2.24, 2.45) is 4.99 Å². The van der Waals surface area contributed by atoms with Gasteiger partial charge in [-0.05, 0) is 35.5 Å². The van der Waals surface area contributed by atoms with Crippen molar-refractivity contribution in [3.05, 3.63) is 47.1 Å². The van der Waals surface area contributed by atoms with E-state index in [4.69, 9.17) is 14.2 Å². The summed E-state index contributed by atoms with van der Waals surface area (Å²) in [6.45, 7) is 0. The van der Waals surface area contributed by atoms with Crippen LogP contribution in [0.25, 0.3) is 6.08 Å². The highest BCUT2D eigenvalue weighted by molar-refractivity contribution is 8.18. The molecular weight excluding hydrogens is 354 g/mol. The first-order valence-corrected chi connectivity index (χ1v) is 8.46. The fourth-order valence-electron chi connectivity index (χ4n) is 2.38. The average molecular weight is 371 g/mol. The molecule has 1 aliphatic heterocycles. The minimum Gasteiger partial charge on any atom is -0.493 e. The van der Waals surface area contributed by atoms with Crippen molar-refractivity contribution in [3.63, 3.8) is 0 Å². The fourth-order valence-corrected chi connectivity index (χ4v) is 3.12. The first kappa shape index (κ1) is 17.8. The van der Waals surface area contributed by atoms with E-state index in [2.05, 4.69) is 15.3 Å². The lowest BCUT2D eigenvalue weighted by molar-refractivity contribution is 0.265. The number of amides is 1. The molecule has 0 radical (unpaired) electrons. The van der Waals surface area contributed by atoms with E-state index in [1.807, 2.05) is 18.2 Å². The summed E-state index contributed by atoms with van der Waals surface area (Å²) in [5, 5.41) is 2.57. The molecule has 0 atom stereocenters. The number of ether oxygens (including phenoxy) is 3. The van der Waals surface area contributed by atoms with Crippen LogP contribution in [0.3, 0.4) is 0 Å². The predicted molar refractivity (Wildman–Crippen MR) is 102 cm³/mol. The maximum absolute atomic E-state index is 11.8.